The number of fused-ring (bicyclic) bond motifs is 1. The van der Waals surface area contributed by atoms with E-state index in [0.717, 1.165) is 35.0 Å². The fraction of sp³-hybridized carbons (Fsp3) is 0.250. The van der Waals surface area contributed by atoms with Crippen LogP contribution in [0.4, 0.5) is 0 Å². The number of rotatable bonds is 6. The van der Waals surface area contributed by atoms with Crippen LogP contribution in [0.5, 0.6) is 5.75 Å². The molecule has 0 radical (unpaired) electrons. The van der Waals surface area contributed by atoms with Crippen molar-refractivity contribution in [1.82, 2.24) is 14.7 Å². The molecule has 0 spiro atoms. The number of aromatic nitrogens is 2. The van der Waals surface area contributed by atoms with Crippen molar-refractivity contribution in [3.05, 3.63) is 84.2 Å². The average molecular weight is 518 g/mol. The smallest absolute Gasteiger partial charge is 0.283 e. The summed E-state index contributed by atoms with van der Waals surface area (Å²) in [6.45, 7) is 3.23. The minimum Gasteiger partial charge on any atom is -0.495 e. The maximum Gasteiger partial charge on any atom is 0.283 e. The van der Waals surface area contributed by atoms with E-state index in [1.165, 1.54) is 13.2 Å². The number of methoxy groups -OCH3 is 1. The van der Waals surface area contributed by atoms with Gasteiger partial charge in [-0.15, -0.1) is 0 Å². The van der Waals surface area contributed by atoms with Gasteiger partial charge in [-0.25, -0.2) is 18.1 Å². The first-order chi connectivity index (χ1) is 17.8. The van der Waals surface area contributed by atoms with E-state index in [4.69, 9.17) is 9.47 Å². The minimum absolute atomic E-state index is 0.0167. The molecule has 190 valence electrons. The molecule has 9 heteroatoms. The molecule has 0 bridgehead atoms. The van der Waals surface area contributed by atoms with Gasteiger partial charge in [0.05, 0.1) is 24.9 Å². The summed E-state index contributed by atoms with van der Waals surface area (Å²) in [7, 11) is -2.86. The molecule has 2 aromatic carbocycles. The fourth-order valence-corrected chi connectivity index (χ4v) is 5.84. The molecule has 8 nitrogen and oxygen atoms in total. The normalized spacial score (nSPS) is 17.9. The molecule has 0 saturated carbocycles. The highest BCUT2D eigenvalue weighted by molar-refractivity contribution is 7.90. The van der Waals surface area contributed by atoms with E-state index < -0.39 is 15.9 Å². The highest BCUT2D eigenvalue weighted by Gasteiger charge is 2.32. The van der Waals surface area contributed by atoms with Gasteiger partial charge < -0.3 is 9.47 Å². The molecular formula is C28H27N3O5S. The van der Waals surface area contributed by atoms with Crippen LogP contribution in [0.25, 0.3) is 22.2 Å². The topological polar surface area (TPSA) is 107 Å². The van der Waals surface area contributed by atoms with Crippen molar-refractivity contribution in [1.29, 1.82) is 0 Å². The van der Waals surface area contributed by atoms with Gasteiger partial charge in [0.25, 0.3) is 15.9 Å². The lowest BCUT2D eigenvalue weighted by Crippen LogP contribution is -2.34. The summed E-state index contributed by atoms with van der Waals surface area (Å²) < 4.78 is 39.9. The third kappa shape index (κ3) is 4.92. The standard InChI is InChI=1S/C28H27N3O5S/c1-28(14-6-16-36-18-28)19-10-13-25(35-2)26(17-19)37(33,34)31-27(32)24-12-11-21-20(7-5-9-23(21)30-24)22-8-3-4-15-29-22/h3-5,7-13,15,17H,6,14,16,18H2,1-2H3,(H,31,32). The van der Waals surface area contributed by atoms with Crippen molar-refractivity contribution >= 4 is 26.8 Å². The molecule has 1 aliphatic rings. The Morgan fingerprint density at radius 2 is 1.95 bits per heavy atom. The third-order valence-corrected chi connectivity index (χ3v) is 8.07. The molecule has 2 aromatic heterocycles. The number of carbonyl (C=O) groups excluding carboxylic acids is 1. The van der Waals surface area contributed by atoms with E-state index in [2.05, 4.69) is 14.7 Å². The maximum absolute atomic E-state index is 13.4. The second-order valence-corrected chi connectivity index (χ2v) is 11.0. The Kier molecular flexibility index (Phi) is 6.66. The predicted octanol–water partition coefficient (Wildman–Crippen LogP) is 4.49. The Morgan fingerprint density at radius 1 is 1.08 bits per heavy atom. The number of ether oxygens (including phenoxy) is 2. The lowest BCUT2D eigenvalue weighted by Gasteiger charge is -2.34. The van der Waals surface area contributed by atoms with Crippen LogP contribution in [-0.2, 0) is 20.2 Å². The zero-order valence-electron chi connectivity index (χ0n) is 20.6. The molecule has 3 heterocycles. The Morgan fingerprint density at radius 3 is 2.68 bits per heavy atom. The quantitative estimate of drug-likeness (QED) is 0.401. The molecule has 1 saturated heterocycles. The summed E-state index contributed by atoms with van der Waals surface area (Å²) in [5, 5.41) is 0.804. The first-order valence-corrected chi connectivity index (χ1v) is 13.4. The zero-order valence-corrected chi connectivity index (χ0v) is 21.4. The van der Waals surface area contributed by atoms with Crippen LogP contribution in [0.15, 0.2) is 77.8 Å². The summed E-state index contributed by atoms with van der Waals surface area (Å²) in [5.74, 6) is -0.680. The number of pyridine rings is 2. The Balaban J connectivity index is 1.46. The molecular weight excluding hydrogens is 490 g/mol. The van der Waals surface area contributed by atoms with Crippen molar-refractivity contribution in [2.75, 3.05) is 20.3 Å². The minimum atomic E-state index is -4.26. The van der Waals surface area contributed by atoms with Crippen molar-refractivity contribution in [3.63, 3.8) is 0 Å². The fourth-order valence-electron chi connectivity index (χ4n) is 4.68. The zero-order chi connectivity index (χ0) is 26.0. The van der Waals surface area contributed by atoms with E-state index in [9.17, 15) is 13.2 Å². The summed E-state index contributed by atoms with van der Waals surface area (Å²) >= 11 is 0. The van der Waals surface area contributed by atoms with E-state index in [1.807, 2.05) is 43.3 Å². The first kappa shape index (κ1) is 24.9. The number of nitrogens with zero attached hydrogens (tertiary/aromatic N) is 2. The van der Waals surface area contributed by atoms with Gasteiger partial charge in [0.1, 0.15) is 16.3 Å². The van der Waals surface area contributed by atoms with E-state index >= 15 is 0 Å². The van der Waals surface area contributed by atoms with E-state index in [0.29, 0.717) is 18.7 Å². The highest BCUT2D eigenvalue weighted by atomic mass is 32.2. The highest BCUT2D eigenvalue weighted by Crippen LogP contribution is 2.36. The van der Waals surface area contributed by atoms with Crippen LogP contribution in [0, 0.1) is 0 Å². The summed E-state index contributed by atoms with van der Waals surface area (Å²) in [4.78, 5) is 21.8. The molecule has 1 unspecified atom stereocenters. The third-order valence-electron chi connectivity index (χ3n) is 6.72. The SMILES string of the molecule is COc1ccc(C2(C)CCCOC2)cc1S(=O)(=O)NC(=O)c1ccc2c(-c3ccccn3)cccc2n1. The predicted molar refractivity (Wildman–Crippen MR) is 140 cm³/mol. The van der Waals surface area contributed by atoms with Crippen LogP contribution in [0.3, 0.4) is 0 Å². The van der Waals surface area contributed by atoms with Crippen LogP contribution < -0.4 is 9.46 Å². The molecule has 4 aromatic rings. The molecule has 1 aliphatic heterocycles. The molecule has 1 atom stereocenters. The van der Waals surface area contributed by atoms with Gasteiger partial charge in [0, 0.05) is 29.2 Å². The van der Waals surface area contributed by atoms with Crippen molar-refractivity contribution < 1.29 is 22.7 Å². The van der Waals surface area contributed by atoms with Crippen molar-refractivity contribution in [2.24, 2.45) is 0 Å². The number of amides is 1. The van der Waals surface area contributed by atoms with Crippen LogP contribution in [0.2, 0.25) is 0 Å². The number of benzene rings is 2. The number of hydrogen-bond donors (Lipinski definition) is 1. The molecule has 1 N–H and O–H groups in total. The van der Waals surface area contributed by atoms with Gasteiger partial charge in [-0.2, -0.15) is 0 Å². The van der Waals surface area contributed by atoms with Gasteiger partial charge in [0.15, 0.2) is 0 Å². The second-order valence-electron chi connectivity index (χ2n) is 9.30. The summed E-state index contributed by atoms with van der Waals surface area (Å²) in [6, 6.07) is 19.4. The Bertz CT molecular complexity index is 1570. The number of sulfonamides is 1. The largest absolute Gasteiger partial charge is 0.495 e. The van der Waals surface area contributed by atoms with Crippen molar-refractivity contribution in [3.8, 4) is 17.0 Å². The molecule has 37 heavy (non-hydrogen) atoms. The van der Waals surface area contributed by atoms with Crippen molar-refractivity contribution in [2.45, 2.75) is 30.1 Å². The average Bonchev–Trinajstić information content (AvgIpc) is 2.92. The summed E-state index contributed by atoms with van der Waals surface area (Å²) in [6.07, 6.45) is 3.46. The van der Waals surface area contributed by atoms with Gasteiger partial charge >= 0.3 is 0 Å². The number of carbonyl (C=O) groups is 1. The van der Waals surface area contributed by atoms with Crippen LogP contribution in [0.1, 0.15) is 35.8 Å². The lowest BCUT2D eigenvalue weighted by molar-refractivity contribution is 0.0418. The van der Waals surface area contributed by atoms with Crippen LogP contribution >= 0.6 is 0 Å². The molecule has 1 fully saturated rings. The van der Waals surface area contributed by atoms with Gasteiger partial charge in [-0.05, 0) is 60.9 Å². The maximum atomic E-state index is 13.4. The summed E-state index contributed by atoms with van der Waals surface area (Å²) in [5.41, 5.74) is 2.66. The monoisotopic (exact) mass is 517 g/mol. The van der Waals surface area contributed by atoms with E-state index in [1.54, 1.807) is 30.5 Å². The second kappa shape index (κ2) is 9.91. The van der Waals surface area contributed by atoms with Gasteiger partial charge in [-0.1, -0.05) is 31.2 Å². The molecule has 5 rings (SSSR count). The number of nitrogens with one attached hydrogen (secondary N) is 1. The van der Waals surface area contributed by atoms with Gasteiger partial charge in [0.2, 0.25) is 0 Å². The first-order valence-electron chi connectivity index (χ1n) is 12.0. The van der Waals surface area contributed by atoms with E-state index in [-0.39, 0.29) is 21.8 Å². The Labute approximate surface area is 215 Å². The Hall–Kier alpha value is -3.82. The van der Waals surface area contributed by atoms with Crippen LogP contribution in [-0.4, -0.2) is 44.6 Å². The number of hydrogen-bond acceptors (Lipinski definition) is 7. The molecule has 1 amide bonds. The lowest BCUT2D eigenvalue weighted by atomic mass is 9.78. The van der Waals surface area contributed by atoms with Gasteiger partial charge in [-0.3, -0.25) is 9.78 Å². The molecule has 0 aliphatic carbocycles.